The lowest BCUT2D eigenvalue weighted by atomic mass is 10.1. The normalized spacial score (nSPS) is 12.6. The Labute approximate surface area is 107 Å². The predicted molar refractivity (Wildman–Crippen MR) is 78.9 cm³/mol. The topological polar surface area (TPSA) is 26.0 Å². The van der Waals surface area contributed by atoms with Gasteiger partial charge in [0.25, 0.3) is 0 Å². The summed E-state index contributed by atoms with van der Waals surface area (Å²) in [7, 11) is 0. The third-order valence-electron chi connectivity index (χ3n) is 2.80. The number of hydrogen-bond acceptors (Lipinski definition) is 2. The van der Waals surface area contributed by atoms with E-state index < -0.39 is 0 Å². The summed E-state index contributed by atoms with van der Waals surface area (Å²) in [5, 5.41) is 2.49. The standard InChI is InChI=1S/C15H17NS/c1-3-17-11(2)15(16)14-9-8-12-6-4-5-7-13(12)10-14/h4-10H,3,16H2,1-2H3/b15-11-. The Hall–Kier alpha value is -1.41. The van der Waals surface area contributed by atoms with Gasteiger partial charge in [-0.2, -0.15) is 0 Å². The summed E-state index contributed by atoms with van der Waals surface area (Å²) in [4.78, 5) is 1.20. The maximum atomic E-state index is 6.17. The first-order chi connectivity index (χ1) is 8.22. The van der Waals surface area contributed by atoms with Crippen molar-refractivity contribution in [3.8, 4) is 0 Å². The fourth-order valence-corrected chi connectivity index (χ4v) is 2.56. The van der Waals surface area contributed by atoms with E-state index in [4.69, 9.17) is 5.73 Å². The third kappa shape index (κ3) is 2.64. The van der Waals surface area contributed by atoms with Gasteiger partial charge in [-0.05, 0) is 35.1 Å². The summed E-state index contributed by atoms with van der Waals surface area (Å²) < 4.78 is 0. The van der Waals surface area contributed by atoms with Crippen molar-refractivity contribution in [2.75, 3.05) is 5.75 Å². The highest BCUT2D eigenvalue weighted by molar-refractivity contribution is 8.03. The van der Waals surface area contributed by atoms with Crippen molar-refractivity contribution < 1.29 is 0 Å². The molecule has 0 aliphatic carbocycles. The first-order valence-electron chi connectivity index (χ1n) is 5.80. The molecule has 0 aliphatic rings. The van der Waals surface area contributed by atoms with E-state index in [9.17, 15) is 0 Å². The highest BCUT2D eigenvalue weighted by Crippen LogP contribution is 2.25. The Balaban J connectivity index is 2.46. The van der Waals surface area contributed by atoms with E-state index >= 15 is 0 Å². The Morgan fingerprint density at radius 2 is 1.82 bits per heavy atom. The lowest BCUT2D eigenvalue weighted by Crippen LogP contribution is -1.98. The molecule has 0 aliphatic heterocycles. The Morgan fingerprint density at radius 1 is 1.12 bits per heavy atom. The molecule has 2 heteroatoms. The van der Waals surface area contributed by atoms with Gasteiger partial charge in [0.15, 0.2) is 0 Å². The van der Waals surface area contributed by atoms with E-state index in [1.807, 2.05) is 0 Å². The molecule has 17 heavy (non-hydrogen) atoms. The number of nitrogens with two attached hydrogens (primary N) is 1. The van der Waals surface area contributed by atoms with Crippen LogP contribution in [-0.4, -0.2) is 5.75 Å². The first kappa shape index (κ1) is 12.1. The van der Waals surface area contributed by atoms with E-state index in [-0.39, 0.29) is 0 Å². The second kappa shape index (κ2) is 5.28. The summed E-state index contributed by atoms with van der Waals surface area (Å²) >= 11 is 1.79. The predicted octanol–water partition coefficient (Wildman–Crippen LogP) is 4.24. The van der Waals surface area contributed by atoms with Crippen LogP contribution in [0.1, 0.15) is 19.4 Å². The zero-order valence-electron chi connectivity index (χ0n) is 10.2. The summed E-state index contributed by atoms with van der Waals surface area (Å²) in [6, 6.07) is 14.7. The maximum Gasteiger partial charge on any atom is 0.0481 e. The van der Waals surface area contributed by atoms with Gasteiger partial charge in [-0.25, -0.2) is 0 Å². The number of benzene rings is 2. The molecule has 1 nitrogen and oxygen atoms in total. The summed E-state index contributed by atoms with van der Waals surface area (Å²) in [5.74, 6) is 1.06. The minimum absolute atomic E-state index is 0.891. The highest BCUT2D eigenvalue weighted by atomic mass is 32.2. The van der Waals surface area contributed by atoms with E-state index in [2.05, 4.69) is 56.3 Å². The van der Waals surface area contributed by atoms with Crippen molar-refractivity contribution in [1.29, 1.82) is 0 Å². The summed E-state index contributed by atoms with van der Waals surface area (Å²) in [6.45, 7) is 4.22. The van der Waals surface area contributed by atoms with Crippen molar-refractivity contribution in [1.82, 2.24) is 0 Å². The van der Waals surface area contributed by atoms with Gasteiger partial charge in [-0.15, -0.1) is 11.8 Å². The molecule has 0 unspecified atom stereocenters. The average Bonchev–Trinajstić information content (AvgIpc) is 2.37. The lowest BCUT2D eigenvalue weighted by Gasteiger charge is -2.08. The van der Waals surface area contributed by atoms with E-state index in [1.54, 1.807) is 11.8 Å². The fraction of sp³-hybridized carbons (Fsp3) is 0.200. The number of allylic oxidation sites excluding steroid dienone is 1. The smallest absolute Gasteiger partial charge is 0.0481 e. The van der Waals surface area contributed by atoms with E-state index in [0.29, 0.717) is 0 Å². The van der Waals surface area contributed by atoms with Crippen molar-refractivity contribution >= 4 is 28.2 Å². The highest BCUT2D eigenvalue weighted by Gasteiger charge is 2.02. The van der Waals surface area contributed by atoms with Gasteiger partial charge in [-0.1, -0.05) is 43.3 Å². The van der Waals surface area contributed by atoms with Crippen LogP contribution in [0.25, 0.3) is 16.5 Å². The third-order valence-corrected chi connectivity index (χ3v) is 3.74. The molecule has 0 amide bonds. The molecule has 88 valence electrons. The average molecular weight is 243 g/mol. The maximum absolute atomic E-state index is 6.17. The lowest BCUT2D eigenvalue weighted by molar-refractivity contribution is 1.47. The van der Waals surface area contributed by atoms with Crippen LogP contribution in [0.15, 0.2) is 47.4 Å². The van der Waals surface area contributed by atoms with E-state index in [1.165, 1.54) is 15.7 Å². The molecule has 0 spiro atoms. The van der Waals surface area contributed by atoms with Gasteiger partial charge in [0.1, 0.15) is 0 Å². The largest absolute Gasteiger partial charge is 0.398 e. The van der Waals surface area contributed by atoms with Crippen LogP contribution >= 0.6 is 11.8 Å². The molecule has 0 radical (unpaired) electrons. The zero-order valence-corrected chi connectivity index (χ0v) is 11.1. The number of hydrogen-bond donors (Lipinski definition) is 1. The van der Waals surface area contributed by atoms with Gasteiger partial charge >= 0.3 is 0 Å². The molecular weight excluding hydrogens is 226 g/mol. The minimum Gasteiger partial charge on any atom is -0.398 e. The van der Waals surface area contributed by atoms with Crippen LogP contribution in [-0.2, 0) is 0 Å². The van der Waals surface area contributed by atoms with Crippen molar-refractivity contribution in [3.05, 3.63) is 52.9 Å². The van der Waals surface area contributed by atoms with Crippen molar-refractivity contribution in [3.63, 3.8) is 0 Å². The molecule has 2 rings (SSSR count). The van der Waals surface area contributed by atoms with Gasteiger partial charge in [0.2, 0.25) is 0 Å². The Bertz CT molecular complexity index is 558. The fourth-order valence-electron chi connectivity index (χ4n) is 1.85. The molecule has 0 bridgehead atoms. The monoisotopic (exact) mass is 243 g/mol. The van der Waals surface area contributed by atoms with Crippen molar-refractivity contribution in [2.24, 2.45) is 5.73 Å². The molecular formula is C15H17NS. The van der Waals surface area contributed by atoms with E-state index in [0.717, 1.165) is 17.0 Å². The summed E-state index contributed by atoms with van der Waals surface area (Å²) in [5.41, 5.74) is 8.18. The van der Waals surface area contributed by atoms with Crippen LogP contribution in [0.2, 0.25) is 0 Å². The van der Waals surface area contributed by atoms with Gasteiger partial charge in [0.05, 0.1) is 0 Å². The molecule has 0 saturated carbocycles. The molecule has 0 heterocycles. The van der Waals surface area contributed by atoms with Gasteiger partial charge < -0.3 is 5.73 Å². The second-order valence-corrected chi connectivity index (χ2v) is 5.44. The Morgan fingerprint density at radius 3 is 2.53 bits per heavy atom. The molecule has 0 aromatic heterocycles. The molecule has 2 aromatic rings. The summed E-state index contributed by atoms with van der Waals surface area (Å²) in [6.07, 6.45) is 0. The van der Waals surface area contributed by atoms with Crippen LogP contribution in [0.4, 0.5) is 0 Å². The molecule has 0 fully saturated rings. The second-order valence-electron chi connectivity index (χ2n) is 3.96. The van der Waals surface area contributed by atoms with Gasteiger partial charge in [-0.3, -0.25) is 0 Å². The SMILES string of the molecule is CCS/C(C)=C(\N)c1ccc2ccccc2c1. The first-order valence-corrected chi connectivity index (χ1v) is 6.79. The molecule has 2 N–H and O–H groups in total. The quantitative estimate of drug-likeness (QED) is 0.872. The van der Waals surface area contributed by atoms with Crippen LogP contribution in [0, 0.1) is 0 Å². The molecule has 0 saturated heterocycles. The molecule has 0 atom stereocenters. The van der Waals surface area contributed by atoms with Crippen LogP contribution in [0.5, 0.6) is 0 Å². The number of fused-ring (bicyclic) bond motifs is 1. The Kier molecular flexibility index (Phi) is 3.75. The minimum atomic E-state index is 0.891. The zero-order chi connectivity index (χ0) is 12.3. The van der Waals surface area contributed by atoms with Crippen LogP contribution in [0.3, 0.4) is 0 Å². The number of rotatable bonds is 3. The number of thioether (sulfide) groups is 1. The molecule has 2 aromatic carbocycles. The van der Waals surface area contributed by atoms with Crippen LogP contribution < -0.4 is 5.73 Å². The van der Waals surface area contributed by atoms with Gasteiger partial charge in [0, 0.05) is 10.6 Å². The van der Waals surface area contributed by atoms with Crippen molar-refractivity contribution in [2.45, 2.75) is 13.8 Å².